The van der Waals surface area contributed by atoms with Crippen LogP contribution in [0.25, 0.3) is 10.9 Å². The number of rotatable bonds is 2. The molecule has 1 N–H and O–H groups in total. The van der Waals surface area contributed by atoms with Crippen molar-refractivity contribution in [1.29, 1.82) is 0 Å². The standard InChI is InChI=1S/C17H15ClN2/c18-16-6-3-4-12-9-20(11-15(12)16)10-13-8-19-17-7-2-1-5-14(13)17/h1-8,19H,9-11H2. The lowest BCUT2D eigenvalue weighted by molar-refractivity contribution is 0.276. The van der Waals surface area contributed by atoms with Crippen LogP contribution in [0.4, 0.5) is 0 Å². The van der Waals surface area contributed by atoms with Gasteiger partial charge in [0.2, 0.25) is 0 Å². The molecule has 2 heterocycles. The number of aromatic nitrogens is 1. The van der Waals surface area contributed by atoms with Crippen molar-refractivity contribution in [2.45, 2.75) is 19.6 Å². The van der Waals surface area contributed by atoms with Gasteiger partial charge in [0.1, 0.15) is 0 Å². The Bertz CT molecular complexity index is 776. The summed E-state index contributed by atoms with van der Waals surface area (Å²) < 4.78 is 0. The summed E-state index contributed by atoms with van der Waals surface area (Å²) in [7, 11) is 0. The molecule has 1 aliphatic heterocycles. The first-order valence-corrected chi connectivity index (χ1v) is 7.23. The highest BCUT2D eigenvalue weighted by atomic mass is 35.5. The number of hydrogen-bond donors (Lipinski definition) is 1. The molecule has 20 heavy (non-hydrogen) atoms. The average Bonchev–Trinajstić information content (AvgIpc) is 3.05. The first kappa shape index (κ1) is 12.0. The van der Waals surface area contributed by atoms with E-state index >= 15 is 0 Å². The van der Waals surface area contributed by atoms with Crippen LogP contribution in [-0.2, 0) is 19.6 Å². The van der Waals surface area contributed by atoms with Crippen LogP contribution in [0.3, 0.4) is 0 Å². The van der Waals surface area contributed by atoms with Crippen molar-refractivity contribution in [3.05, 3.63) is 70.4 Å². The molecule has 1 aromatic heterocycles. The molecule has 2 nitrogen and oxygen atoms in total. The molecule has 4 rings (SSSR count). The topological polar surface area (TPSA) is 19.0 Å². The molecule has 3 heteroatoms. The fraction of sp³-hybridized carbons (Fsp3) is 0.176. The fourth-order valence-electron chi connectivity index (χ4n) is 3.06. The monoisotopic (exact) mass is 282 g/mol. The maximum atomic E-state index is 6.28. The van der Waals surface area contributed by atoms with Crippen LogP contribution in [0.15, 0.2) is 48.7 Å². The van der Waals surface area contributed by atoms with Crippen molar-refractivity contribution in [3.8, 4) is 0 Å². The Morgan fingerprint density at radius 3 is 2.85 bits per heavy atom. The quantitative estimate of drug-likeness (QED) is 0.741. The Morgan fingerprint density at radius 1 is 1.05 bits per heavy atom. The van der Waals surface area contributed by atoms with Crippen molar-refractivity contribution in [3.63, 3.8) is 0 Å². The molecule has 0 unspecified atom stereocenters. The summed E-state index contributed by atoms with van der Waals surface area (Å²) in [5, 5.41) is 2.21. The van der Waals surface area contributed by atoms with Gasteiger partial charge < -0.3 is 4.98 Å². The van der Waals surface area contributed by atoms with Gasteiger partial charge in [0.05, 0.1) is 0 Å². The maximum absolute atomic E-state index is 6.28. The third-order valence-electron chi connectivity index (χ3n) is 4.06. The first-order valence-electron chi connectivity index (χ1n) is 6.85. The second kappa shape index (κ2) is 4.65. The molecular weight excluding hydrogens is 268 g/mol. The Morgan fingerprint density at radius 2 is 1.95 bits per heavy atom. The van der Waals surface area contributed by atoms with E-state index in [0.29, 0.717) is 0 Å². The molecule has 2 aromatic carbocycles. The van der Waals surface area contributed by atoms with E-state index in [0.717, 1.165) is 24.7 Å². The van der Waals surface area contributed by atoms with E-state index in [-0.39, 0.29) is 0 Å². The van der Waals surface area contributed by atoms with Crippen LogP contribution in [0.2, 0.25) is 5.02 Å². The second-order valence-corrected chi connectivity index (χ2v) is 5.79. The van der Waals surface area contributed by atoms with Gasteiger partial charge in [-0.1, -0.05) is 41.9 Å². The summed E-state index contributed by atoms with van der Waals surface area (Å²) in [4.78, 5) is 5.78. The van der Waals surface area contributed by atoms with E-state index in [1.807, 2.05) is 12.1 Å². The number of hydrogen-bond acceptors (Lipinski definition) is 1. The fourth-order valence-corrected chi connectivity index (χ4v) is 3.32. The Balaban J connectivity index is 1.61. The molecule has 0 spiro atoms. The highest BCUT2D eigenvalue weighted by Crippen LogP contribution is 2.31. The number of para-hydroxylation sites is 1. The van der Waals surface area contributed by atoms with Crippen molar-refractivity contribution < 1.29 is 0 Å². The maximum Gasteiger partial charge on any atom is 0.0457 e. The smallest absolute Gasteiger partial charge is 0.0457 e. The van der Waals surface area contributed by atoms with E-state index in [4.69, 9.17) is 11.6 Å². The number of benzene rings is 2. The van der Waals surface area contributed by atoms with Gasteiger partial charge in [-0.2, -0.15) is 0 Å². The van der Waals surface area contributed by atoms with Gasteiger partial charge in [-0.15, -0.1) is 0 Å². The molecule has 100 valence electrons. The van der Waals surface area contributed by atoms with Gasteiger partial charge in [-0.3, -0.25) is 4.90 Å². The van der Waals surface area contributed by atoms with Crippen LogP contribution in [0.1, 0.15) is 16.7 Å². The van der Waals surface area contributed by atoms with Gasteiger partial charge in [0.15, 0.2) is 0 Å². The van der Waals surface area contributed by atoms with Crippen molar-refractivity contribution in [1.82, 2.24) is 9.88 Å². The largest absolute Gasteiger partial charge is 0.361 e. The van der Waals surface area contributed by atoms with Crippen molar-refractivity contribution >= 4 is 22.5 Å². The lowest BCUT2D eigenvalue weighted by Crippen LogP contribution is -2.15. The van der Waals surface area contributed by atoms with E-state index in [1.54, 1.807) is 0 Å². The van der Waals surface area contributed by atoms with E-state index in [9.17, 15) is 0 Å². The van der Waals surface area contributed by atoms with Gasteiger partial charge in [-0.25, -0.2) is 0 Å². The minimum Gasteiger partial charge on any atom is -0.361 e. The molecule has 0 bridgehead atoms. The number of fused-ring (bicyclic) bond motifs is 2. The van der Waals surface area contributed by atoms with E-state index < -0.39 is 0 Å². The summed E-state index contributed by atoms with van der Waals surface area (Å²) in [6.07, 6.45) is 2.12. The van der Waals surface area contributed by atoms with Crippen LogP contribution in [0.5, 0.6) is 0 Å². The van der Waals surface area contributed by atoms with E-state index in [1.165, 1.54) is 27.6 Å². The Labute approximate surface area is 123 Å². The number of nitrogens with one attached hydrogen (secondary N) is 1. The molecule has 0 saturated heterocycles. The Hall–Kier alpha value is -1.77. The van der Waals surface area contributed by atoms with Gasteiger partial charge in [0, 0.05) is 41.8 Å². The summed E-state index contributed by atoms with van der Waals surface area (Å²) in [5.74, 6) is 0. The van der Waals surface area contributed by atoms with Gasteiger partial charge in [-0.05, 0) is 28.8 Å². The molecule has 0 atom stereocenters. The molecular formula is C17H15ClN2. The summed E-state index contributed by atoms with van der Waals surface area (Å²) in [6, 6.07) is 14.7. The van der Waals surface area contributed by atoms with Crippen molar-refractivity contribution in [2.24, 2.45) is 0 Å². The molecule has 3 aromatic rings. The third kappa shape index (κ3) is 1.92. The number of halogens is 1. The first-order chi connectivity index (χ1) is 9.81. The summed E-state index contributed by atoms with van der Waals surface area (Å²) >= 11 is 6.28. The highest BCUT2D eigenvalue weighted by molar-refractivity contribution is 6.31. The number of H-pyrrole nitrogens is 1. The molecule has 0 aliphatic carbocycles. The normalized spacial score (nSPS) is 14.8. The van der Waals surface area contributed by atoms with Crippen molar-refractivity contribution in [2.75, 3.05) is 0 Å². The molecule has 0 fully saturated rings. The molecule has 1 aliphatic rings. The van der Waals surface area contributed by atoms with E-state index in [2.05, 4.69) is 46.4 Å². The van der Waals surface area contributed by atoms with Crippen LogP contribution >= 0.6 is 11.6 Å². The molecule has 0 saturated carbocycles. The average molecular weight is 283 g/mol. The summed E-state index contributed by atoms with van der Waals surface area (Å²) in [5.41, 5.74) is 5.20. The highest BCUT2D eigenvalue weighted by Gasteiger charge is 2.21. The number of nitrogens with zero attached hydrogens (tertiary/aromatic N) is 1. The summed E-state index contributed by atoms with van der Waals surface area (Å²) in [6.45, 7) is 2.87. The SMILES string of the molecule is Clc1cccc2c1CN(Cc1c[nH]c3ccccc13)C2. The zero-order chi connectivity index (χ0) is 13.5. The third-order valence-corrected chi connectivity index (χ3v) is 4.41. The zero-order valence-corrected chi connectivity index (χ0v) is 11.8. The minimum atomic E-state index is 0.893. The second-order valence-electron chi connectivity index (χ2n) is 5.38. The Kier molecular flexibility index (Phi) is 2.79. The predicted octanol–water partition coefficient (Wildman–Crippen LogP) is 4.34. The zero-order valence-electron chi connectivity index (χ0n) is 11.1. The van der Waals surface area contributed by atoms with Crippen LogP contribution in [-0.4, -0.2) is 9.88 Å². The van der Waals surface area contributed by atoms with Gasteiger partial charge >= 0.3 is 0 Å². The lowest BCUT2D eigenvalue weighted by Gasteiger charge is -2.14. The molecule has 0 radical (unpaired) electrons. The lowest BCUT2D eigenvalue weighted by atomic mass is 10.1. The number of aromatic amines is 1. The minimum absolute atomic E-state index is 0.893. The molecule has 0 amide bonds. The van der Waals surface area contributed by atoms with Crippen LogP contribution < -0.4 is 0 Å². The van der Waals surface area contributed by atoms with Gasteiger partial charge in [0.25, 0.3) is 0 Å². The van der Waals surface area contributed by atoms with Crippen LogP contribution in [0, 0.1) is 0 Å². The predicted molar refractivity (Wildman–Crippen MR) is 82.7 cm³/mol.